The number of benzene rings is 2. The fraction of sp³-hybridized carbons (Fsp3) is 0.167. The van der Waals surface area contributed by atoms with Gasteiger partial charge in [0.25, 0.3) is 5.89 Å². The molecule has 0 bridgehead atoms. The molecule has 3 rings (SSSR count). The van der Waals surface area contributed by atoms with Crippen LogP contribution in [0, 0.1) is 0 Å². The van der Waals surface area contributed by atoms with Crippen molar-refractivity contribution >= 4 is 21.7 Å². The fourth-order valence-electron chi connectivity index (χ4n) is 2.11. The third kappa shape index (κ3) is 3.89. The molecule has 0 amide bonds. The number of rotatable bonds is 6. The highest BCUT2D eigenvalue weighted by Gasteiger charge is 2.09. The zero-order valence-electron chi connectivity index (χ0n) is 13.0. The molecule has 0 aliphatic heterocycles. The van der Waals surface area contributed by atoms with E-state index in [1.165, 1.54) is 0 Å². The molecule has 122 valence electrons. The van der Waals surface area contributed by atoms with E-state index in [2.05, 4.69) is 26.1 Å². The highest BCUT2D eigenvalue weighted by molar-refractivity contribution is 9.10. The topological polar surface area (TPSA) is 65.2 Å². The summed E-state index contributed by atoms with van der Waals surface area (Å²) in [5.74, 6) is 1.59. The first-order valence-corrected chi connectivity index (χ1v) is 8.29. The van der Waals surface area contributed by atoms with Crippen LogP contribution >= 0.6 is 15.9 Å². The lowest BCUT2D eigenvalue weighted by atomic mass is 10.1. The van der Waals surface area contributed by atoms with Crippen LogP contribution in [0.15, 0.2) is 57.4 Å². The summed E-state index contributed by atoms with van der Waals surface area (Å²) in [6, 6.07) is 14.6. The summed E-state index contributed by atoms with van der Waals surface area (Å²) in [4.78, 5) is 11.6. The average Bonchev–Trinajstić information content (AvgIpc) is 3.09. The van der Waals surface area contributed by atoms with Crippen LogP contribution in [-0.4, -0.2) is 16.0 Å². The number of hydrogen-bond donors (Lipinski definition) is 0. The van der Waals surface area contributed by atoms with Crippen molar-refractivity contribution in [2.24, 2.45) is 0 Å². The molecule has 0 spiro atoms. The Morgan fingerprint density at radius 1 is 1.08 bits per heavy atom. The molecule has 6 heteroatoms. The van der Waals surface area contributed by atoms with Gasteiger partial charge >= 0.3 is 0 Å². The first-order chi connectivity index (χ1) is 11.7. The van der Waals surface area contributed by atoms with Crippen LogP contribution in [0.3, 0.4) is 0 Å². The van der Waals surface area contributed by atoms with Gasteiger partial charge in [-0.15, -0.1) is 10.2 Å². The van der Waals surface area contributed by atoms with Gasteiger partial charge in [-0.1, -0.05) is 22.9 Å². The Morgan fingerprint density at radius 2 is 1.79 bits per heavy atom. The van der Waals surface area contributed by atoms with E-state index in [0.717, 1.165) is 10.0 Å². The van der Waals surface area contributed by atoms with Crippen molar-refractivity contribution in [1.29, 1.82) is 0 Å². The molecule has 0 radical (unpaired) electrons. The standard InChI is InChI=1S/C18H15BrN2O3/c1-2-16(22)12-5-9-15(10-6-12)23-11-17-20-21-18(24-17)13-3-7-14(19)8-4-13/h3-10H,2,11H2,1H3. The minimum Gasteiger partial charge on any atom is -0.484 e. The first kappa shape index (κ1) is 16.4. The van der Waals surface area contributed by atoms with E-state index < -0.39 is 0 Å². The van der Waals surface area contributed by atoms with E-state index in [0.29, 0.717) is 29.5 Å². The lowest BCUT2D eigenvalue weighted by Gasteiger charge is -2.04. The van der Waals surface area contributed by atoms with Gasteiger partial charge in [-0.05, 0) is 48.5 Å². The van der Waals surface area contributed by atoms with Crippen molar-refractivity contribution in [2.45, 2.75) is 20.0 Å². The SMILES string of the molecule is CCC(=O)c1ccc(OCc2nnc(-c3ccc(Br)cc3)o2)cc1. The van der Waals surface area contributed by atoms with Crippen molar-refractivity contribution in [3.63, 3.8) is 0 Å². The van der Waals surface area contributed by atoms with Crippen LogP contribution in [0.5, 0.6) is 5.75 Å². The average molecular weight is 387 g/mol. The quantitative estimate of drug-likeness (QED) is 0.575. The van der Waals surface area contributed by atoms with Gasteiger partial charge in [0.2, 0.25) is 5.89 Å². The van der Waals surface area contributed by atoms with Gasteiger partial charge in [-0.25, -0.2) is 0 Å². The summed E-state index contributed by atoms with van der Waals surface area (Å²) in [7, 11) is 0. The molecule has 5 nitrogen and oxygen atoms in total. The van der Waals surface area contributed by atoms with Crippen molar-refractivity contribution in [1.82, 2.24) is 10.2 Å². The van der Waals surface area contributed by atoms with Crippen LogP contribution in [-0.2, 0) is 6.61 Å². The summed E-state index contributed by atoms with van der Waals surface area (Å²) >= 11 is 3.38. The molecule has 1 heterocycles. The molecule has 0 unspecified atom stereocenters. The Morgan fingerprint density at radius 3 is 2.46 bits per heavy atom. The predicted molar refractivity (Wildman–Crippen MR) is 92.8 cm³/mol. The van der Waals surface area contributed by atoms with E-state index in [1.54, 1.807) is 24.3 Å². The normalized spacial score (nSPS) is 10.6. The number of Topliss-reactive ketones (excluding diaryl/α,β-unsaturated/α-hetero) is 1. The smallest absolute Gasteiger partial charge is 0.254 e. The molecule has 0 atom stereocenters. The van der Waals surface area contributed by atoms with Gasteiger partial charge in [0, 0.05) is 22.0 Å². The summed E-state index contributed by atoms with van der Waals surface area (Å²) in [5.41, 5.74) is 1.53. The summed E-state index contributed by atoms with van der Waals surface area (Å²) in [6.07, 6.45) is 0.487. The Labute approximate surface area is 147 Å². The maximum Gasteiger partial charge on any atom is 0.254 e. The van der Waals surface area contributed by atoms with E-state index in [-0.39, 0.29) is 12.4 Å². The largest absolute Gasteiger partial charge is 0.484 e. The minimum atomic E-state index is 0.109. The number of halogens is 1. The minimum absolute atomic E-state index is 0.109. The van der Waals surface area contributed by atoms with Crippen LogP contribution in [0.4, 0.5) is 0 Å². The molecule has 0 saturated carbocycles. The second-order valence-corrected chi connectivity index (χ2v) is 6.01. The molecule has 0 fully saturated rings. The third-order valence-electron chi connectivity index (χ3n) is 3.42. The summed E-state index contributed by atoms with van der Waals surface area (Å²) in [6.45, 7) is 2.01. The molecule has 24 heavy (non-hydrogen) atoms. The molecule has 0 saturated heterocycles. The second kappa shape index (κ2) is 7.40. The number of hydrogen-bond acceptors (Lipinski definition) is 5. The van der Waals surface area contributed by atoms with Crippen LogP contribution in [0.25, 0.3) is 11.5 Å². The Kier molecular flexibility index (Phi) is 5.05. The third-order valence-corrected chi connectivity index (χ3v) is 3.95. The molecule has 0 aliphatic rings. The van der Waals surface area contributed by atoms with Gasteiger partial charge in [-0.3, -0.25) is 4.79 Å². The van der Waals surface area contributed by atoms with E-state index >= 15 is 0 Å². The monoisotopic (exact) mass is 386 g/mol. The number of carbonyl (C=O) groups excluding carboxylic acids is 1. The predicted octanol–water partition coefficient (Wildman–Crippen LogP) is 4.67. The number of carbonyl (C=O) groups is 1. The van der Waals surface area contributed by atoms with Crippen molar-refractivity contribution < 1.29 is 13.9 Å². The van der Waals surface area contributed by atoms with Gasteiger partial charge in [0.15, 0.2) is 12.4 Å². The molecule has 1 aromatic heterocycles. The lowest BCUT2D eigenvalue weighted by molar-refractivity contribution is 0.0988. The lowest BCUT2D eigenvalue weighted by Crippen LogP contribution is -1.98. The van der Waals surface area contributed by atoms with Gasteiger partial charge < -0.3 is 9.15 Å². The maximum atomic E-state index is 11.6. The Bertz CT molecular complexity index is 826. The van der Waals surface area contributed by atoms with Crippen LogP contribution in [0.1, 0.15) is 29.6 Å². The zero-order valence-corrected chi connectivity index (χ0v) is 14.6. The van der Waals surface area contributed by atoms with E-state index in [1.807, 2.05) is 31.2 Å². The van der Waals surface area contributed by atoms with Crippen LogP contribution < -0.4 is 4.74 Å². The van der Waals surface area contributed by atoms with Gasteiger partial charge in [-0.2, -0.15) is 0 Å². The van der Waals surface area contributed by atoms with Crippen molar-refractivity contribution in [3.8, 4) is 17.2 Å². The molecular formula is C18H15BrN2O3. The highest BCUT2D eigenvalue weighted by Crippen LogP contribution is 2.21. The Hall–Kier alpha value is -2.47. The highest BCUT2D eigenvalue weighted by atomic mass is 79.9. The Balaban J connectivity index is 1.63. The number of ketones is 1. The van der Waals surface area contributed by atoms with Crippen molar-refractivity contribution in [3.05, 3.63) is 64.5 Å². The molecule has 0 N–H and O–H groups in total. The summed E-state index contributed by atoms with van der Waals surface area (Å²) in [5, 5.41) is 8.00. The van der Waals surface area contributed by atoms with E-state index in [9.17, 15) is 4.79 Å². The van der Waals surface area contributed by atoms with Crippen molar-refractivity contribution in [2.75, 3.05) is 0 Å². The second-order valence-electron chi connectivity index (χ2n) is 5.10. The molecule has 0 aliphatic carbocycles. The van der Waals surface area contributed by atoms with E-state index in [4.69, 9.17) is 9.15 Å². The fourth-order valence-corrected chi connectivity index (χ4v) is 2.37. The first-order valence-electron chi connectivity index (χ1n) is 7.50. The van der Waals surface area contributed by atoms with Crippen LogP contribution in [0.2, 0.25) is 0 Å². The van der Waals surface area contributed by atoms with Gasteiger partial charge in [0.05, 0.1) is 0 Å². The number of nitrogens with zero attached hydrogens (tertiary/aromatic N) is 2. The number of ether oxygens (including phenoxy) is 1. The molecule has 2 aromatic carbocycles. The summed E-state index contributed by atoms with van der Waals surface area (Å²) < 4.78 is 12.2. The zero-order chi connectivity index (χ0) is 16.9. The van der Waals surface area contributed by atoms with Gasteiger partial charge in [0.1, 0.15) is 5.75 Å². The number of aromatic nitrogens is 2. The maximum absolute atomic E-state index is 11.6. The molecule has 3 aromatic rings. The molecular weight excluding hydrogens is 372 g/mol.